The fraction of sp³-hybridized carbons (Fsp3) is 0.259. The van der Waals surface area contributed by atoms with Crippen LogP contribution in [0, 0.1) is 17.5 Å². The molecular weight excluding hydrogens is 483 g/mol. The summed E-state index contributed by atoms with van der Waals surface area (Å²) in [6.07, 6.45) is 0. The van der Waals surface area contributed by atoms with Crippen molar-refractivity contribution < 1.29 is 22.7 Å². The zero-order valence-corrected chi connectivity index (χ0v) is 20.4. The number of rotatable bonds is 6. The molecule has 1 amide bonds. The minimum Gasteiger partial charge on any atom is -0.491 e. The van der Waals surface area contributed by atoms with Gasteiger partial charge in [0.2, 0.25) is 0 Å². The number of carbonyl (C=O) groups is 1. The van der Waals surface area contributed by atoms with Crippen LogP contribution < -0.4 is 15.0 Å². The van der Waals surface area contributed by atoms with Crippen LogP contribution in [-0.2, 0) is 0 Å². The van der Waals surface area contributed by atoms with Crippen LogP contribution in [0.1, 0.15) is 17.3 Å². The van der Waals surface area contributed by atoms with E-state index in [0.717, 1.165) is 45.5 Å². The summed E-state index contributed by atoms with van der Waals surface area (Å²) < 4.78 is 47.7. The SMILES string of the molecule is CCN1CCN(c2ccc(C(=O)Nc3n[nH]c4cc(-c5c(F)cc(F)c(OC)c5F)ccc34)cc2)CC1. The molecular formula is C27H26F3N5O2. The fourth-order valence-electron chi connectivity index (χ4n) is 4.62. The van der Waals surface area contributed by atoms with E-state index in [1.165, 1.54) is 12.1 Å². The molecule has 1 aromatic heterocycles. The lowest BCUT2D eigenvalue weighted by atomic mass is 10.0. The number of hydrogen-bond acceptors (Lipinski definition) is 5. The van der Waals surface area contributed by atoms with Gasteiger partial charge < -0.3 is 19.9 Å². The lowest BCUT2D eigenvalue weighted by Crippen LogP contribution is -2.46. The summed E-state index contributed by atoms with van der Waals surface area (Å²) in [5.41, 5.74) is 1.74. The average Bonchev–Trinajstić information content (AvgIpc) is 3.30. The van der Waals surface area contributed by atoms with E-state index in [0.29, 0.717) is 22.5 Å². The highest BCUT2D eigenvalue weighted by Crippen LogP contribution is 2.36. The number of amides is 1. The van der Waals surface area contributed by atoms with E-state index in [1.807, 2.05) is 12.1 Å². The largest absolute Gasteiger partial charge is 0.491 e. The molecule has 4 aromatic rings. The maximum absolute atomic E-state index is 14.7. The number of ether oxygens (including phenoxy) is 1. The van der Waals surface area contributed by atoms with Crippen LogP contribution in [0.4, 0.5) is 24.7 Å². The van der Waals surface area contributed by atoms with Crippen molar-refractivity contribution in [3.63, 3.8) is 0 Å². The second kappa shape index (κ2) is 10.1. The number of piperazine rings is 1. The number of likely N-dealkylation sites (N-methyl/N-ethyl adjacent to an activating group) is 1. The van der Waals surface area contributed by atoms with Gasteiger partial charge in [-0.2, -0.15) is 5.10 Å². The molecule has 7 nitrogen and oxygen atoms in total. The number of nitrogens with one attached hydrogen (secondary N) is 2. The minimum atomic E-state index is -1.14. The molecule has 0 radical (unpaired) electrons. The van der Waals surface area contributed by atoms with Crippen molar-refractivity contribution >= 4 is 28.3 Å². The van der Waals surface area contributed by atoms with Crippen LogP contribution in [0.15, 0.2) is 48.5 Å². The number of halogens is 3. The summed E-state index contributed by atoms with van der Waals surface area (Å²) in [7, 11) is 1.11. The molecule has 0 aliphatic carbocycles. The van der Waals surface area contributed by atoms with Crippen LogP contribution in [0.2, 0.25) is 0 Å². The van der Waals surface area contributed by atoms with E-state index in [4.69, 9.17) is 4.74 Å². The summed E-state index contributed by atoms with van der Waals surface area (Å²) in [4.78, 5) is 17.6. The number of carbonyl (C=O) groups excluding carboxylic acids is 1. The number of aromatic amines is 1. The lowest BCUT2D eigenvalue weighted by molar-refractivity contribution is 0.102. The molecule has 0 atom stereocenters. The van der Waals surface area contributed by atoms with Crippen molar-refractivity contribution in [2.24, 2.45) is 0 Å². The van der Waals surface area contributed by atoms with E-state index in [2.05, 4.69) is 32.2 Å². The van der Waals surface area contributed by atoms with Gasteiger partial charge in [-0.15, -0.1) is 0 Å². The van der Waals surface area contributed by atoms with Gasteiger partial charge in [0.25, 0.3) is 5.91 Å². The van der Waals surface area contributed by atoms with Crippen LogP contribution in [0.25, 0.3) is 22.0 Å². The molecule has 10 heteroatoms. The second-order valence-electron chi connectivity index (χ2n) is 8.82. The quantitative estimate of drug-likeness (QED) is 0.381. The smallest absolute Gasteiger partial charge is 0.256 e. The molecule has 3 aromatic carbocycles. The summed E-state index contributed by atoms with van der Waals surface area (Å²) in [5.74, 6) is -4.03. The highest BCUT2D eigenvalue weighted by atomic mass is 19.1. The lowest BCUT2D eigenvalue weighted by Gasteiger charge is -2.35. The van der Waals surface area contributed by atoms with E-state index in [9.17, 15) is 18.0 Å². The molecule has 37 heavy (non-hydrogen) atoms. The third-order valence-corrected chi connectivity index (χ3v) is 6.73. The monoisotopic (exact) mass is 509 g/mol. The second-order valence-corrected chi connectivity index (χ2v) is 8.82. The summed E-state index contributed by atoms with van der Waals surface area (Å²) in [5, 5.41) is 10.3. The first kappa shape index (κ1) is 24.6. The number of benzene rings is 3. The van der Waals surface area contributed by atoms with Gasteiger partial charge in [0.1, 0.15) is 5.82 Å². The Labute approximate surface area is 211 Å². The summed E-state index contributed by atoms with van der Waals surface area (Å²) in [6, 6.07) is 12.5. The topological polar surface area (TPSA) is 73.5 Å². The molecule has 192 valence electrons. The normalized spacial score (nSPS) is 14.2. The van der Waals surface area contributed by atoms with Crippen LogP contribution in [0.3, 0.4) is 0 Å². The van der Waals surface area contributed by atoms with Crippen molar-refractivity contribution in [2.45, 2.75) is 6.92 Å². The molecule has 0 bridgehead atoms. The first-order chi connectivity index (χ1) is 17.9. The minimum absolute atomic E-state index is 0.165. The Morgan fingerprint density at radius 3 is 2.43 bits per heavy atom. The maximum Gasteiger partial charge on any atom is 0.256 e. The van der Waals surface area contributed by atoms with E-state index in [-0.39, 0.29) is 17.3 Å². The number of anilines is 2. The van der Waals surface area contributed by atoms with Gasteiger partial charge in [-0.05, 0) is 48.5 Å². The summed E-state index contributed by atoms with van der Waals surface area (Å²) >= 11 is 0. The molecule has 1 saturated heterocycles. The molecule has 5 rings (SSSR count). The Kier molecular flexibility index (Phi) is 6.75. The third kappa shape index (κ3) is 4.72. The van der Waals surface area contributed by atoms with E-state index in [1.54, 1.807) is 18.2 Å². The molecule has 2 N–H and O–H groups in total. The molecule has 0 saturated carbocycles. The van der Waals surface area contributed by atoms with Gasteiger partial charge >= 0.3 is 0 Å². The molecule has 1 fully saturated rings. The van der Waals surface area contributed by atoms with Crippen LogP contribution in [-0.4, -0.2) is 60.8 Å². The van der Waals surface area contributed by atoms with Crippen molar-refractivity contribution in [3.05, 3.63) is 71.5 Å². The molecule has 1 aliphatic rings. The number of nitrogens with zero attached hydrogens (tertiary/aromatic N) is 3. The van der Waals surface area contributed by atoms with Gasteiger partial charge in [-0.3, -0.25) is 9.89 Å². The predicted octanol–water partition coefficient (Wildman–Crippen LogP) is 5.05. The predicted molar refractivity (Wildman–Crippen MR) is 137 cm³/mol. The van der Waals surface area contributed by atoms with Crippen molar-refractivity contribution in [2.75, 3.05) is 50.1 Å². The number of hydrogen-bond donors (Lipinski definition) is 2. The summed E-state index contributed by atoms with van der Waals surface area (Å²) in [6.45, 7) is 7.12. The standard InChI is InChI=1S/C27H26F3N5O2/c1-3-34-10-12-35(13-11-34)18-7-4-16(5-8-18)27(36)31-26-19-9-6-17(14-22(19)32-33-26)23-20(28)15-21(29)25(37-2)24(23)30/h4-9,14-15H,3,10-13H2,1-2H3,(H2,31,32,33,36). The molecule has 0 spiro atoms. The number of fused-ring (bicyclic) bond motifs is 1. The highest BCUT2D eigenvalue weighted by molar-refractivity contribution is 6.08. The Morgan fingerprint density at radius 2 is 1.76 bits per heavy atom. The van der Waals surface area contributed by atoms with Gasteiger partial charge in [0.15, 0.2) is 23.2 Å². The number of H-pyrrole nitrogens is 1. The number of methoxy groups -OCH3 is 1. The van der Waals surface area contributed by atoms with Crippen molar-refractivity contribution in [1.82, 2.24) is 15.1 Å². The Bertz CT molecular complexity index is 1450. The maximum atomic E-state index is 14.7. The third-order valence-electron chi connectivity index (χ3n) is 6.73. The first-order valence-corrected chi connectivity index (χ1v) is 12.0. The van der Waals surface area contributed by atoms with Crippen molar-refractivity contribution in [1.29, 1.82) is 0 Å². The molecule has 1 aliphatic heterocycles. The van der Waals surface area contributed by atoms with Gasteiger partial charge in [-0.25, -0.2) is 13.2 Å². The zero-order valence-electron chi connectivity index (χ0n) is 20.4. The first-order valence-electron chi connectivity index (χ1n) is 12.0. The van der Waals surface area contributed by atoms with Crippen LogP contribution in [0.5, 0.6) is 5.75 Å². The fourth-order valence-corrected chi connectivity index (χ4v) is 4.62. The van der Waals surface area contributed by atoms with Gasteiger partial charge in [0.05, 0.1) is 18.2 Å². The average molecular weight is 510 g/mol. The highest BCUT2D eigenvalue weighted by Gasteiger charge is 2.22. The van der Waals surface area contributed by atoms with Crippen molar-refractivity contribution in [3.8, 4) is 16.9 Å². The van der Waals surface area contributed by atoms with Gasteiger partial charge in [0, 0.05) is 48.9 Å². The van der Waals surface area contributed by atoms with E-state index >= 15 is 0 Å². The molecule has 0 unspecified atom stereocenters. The van der Waals surface area contributed by atoms with Gasteiger partial charge in [-0.1, -0.05) is 13.0 Å². The van der Waals surface area contributed by atoms with E-state index < -0.39 is 28.8 Å². The number of aromatic nitrogens is 2. The molecule has 2 heterocycles. The Hall–Kier alpha value is -4.05. The Balaban J connectivity index is 1.33. The Morgan fingerprint density at radius 1 is 1.03 bits per heavy atom. The van der Waals surface area contributed by atoms with Crippen LogP contribution >= 0.6 is 0 Å². The zero-order chi connectivity index (χ0) is 26.1.